The SMILES string of the molecule is CCCCCNC(=O)C(c1ccc(O)cc1)N(C(=O)C(CCC(N)=O)NC(=O)OC(C)(C)C)C1CC1. The average molecular weight is 505 g/mol. The Morgan fingerprint density at radius 1 is 1.14 bits per heavy atom. The second kappa shape index (κ2) is 13.1. The molecule has 1 aliphatic carbocycles. The zero-order valence-electron chi connectivity index (χ0n) is 21.7. The smallest absolute Gasteiger partial charge is 0.408 e. The molecule has 0 radical (unpaired) electrons. The molecular formula is C26H40N4O6. The first kappa shape index (κ1) is 28.9. The van der Waals surface area contributed by atoms with E-state index in [0.717, 1.165) is 19.3 Å². The van der Waals surface area contributed by atoms with Crippen LogP contribution in [0.15, 0.2) is 24.3 Å². The summed E-state index contributed by atoms with van der Waals surface area (Å²) in [6.45, 7) is 7.64. The molecule has 200 valence electrons. The summed E-state index contributed by atoms with van der Waals surface area (Å²) < 4.78 is 5.32. The van der Waals surface area contributed by atoms with Crippen LogP contribution < -0.4 is 16.4 Å². The first-order valence-corrected chi connectivity index (χ1v) is 12.6. The van der Waals surface area contributed by atoms with Crippen molar-refractivity contribution < 1.29 is 29.0 Å². The minimum absolute atomic E-state index is 0.0307. The maximum absolute atomic E-state index is 13.9. The number of carbonyl (C=O) groups is 4. The van der Waals surface area contributed by atoms with Gasteiger partial charge in [0.2, 0.25) is 17.7 Å². The Kier molecular flexibility index (Phi) is 10.6. The molecule has 2 unspecified atom stereocenters. The van der Waals surface area contributed by atoms with E-state index >= 15 is 0 Å². The average Bonchev–Trinajstić information content (AvgIpc) is 3.62. The summed E-state index contributed by atoms with van der Waals surface area (Å²) in [6, 6.07) is 3.86. The standard InChI is InChI=1S/C26H40N4O6/c1-5-6-7-16-28-23(33)22(17-8-12-19(31)13-9-17)30(18-10-11-18)24(34)20(14-15-21(27)32)29-25(35)36-26(2,3)4/h8-9,12-13,18,20,22,31H,5-7,10-11,14-16H2,1-4H3,(H2,27,32)(H,28,33)(H,29,35). The van der Waals surface area contributed by atoms with E-state index in [1.165, 1.54) is 17.0 Å². The van der Waals surface area contributed by atoms with Gasteiger partial charge in [-0.25, -0.2) is 4.79 Å². The lowest BCUT2D eigenvalue weighted by atomic mass is 10.0. The molecule has 36 heavy (non-hydrogen) atoms. The maximum Gasteiger partial charge on any atom is 0.408 e. The van der Waals surface area contributed by atoms with Gasteiger partial charge in [-0.3, -0.25) is 14.4 Å². The Hall–Kier alpha value is -3.30. The second-order valence-corrected chi connectivity index (χ2v) is 10.2. The second-order valence-electron chi connectivity index (χ2n) is 10.2. The number of hydrogen-bond acceptors (Lipinski definition) is 6. The van der Waals surface area contributed by atoms with E-state index in [9.17, 15) is 24.3 Å². The maximum atomic E-state index is 13.9. The highest BCUT2D eigenvalue weighted by atomic mass is 16.6. The number of nitrogens with two attached hydrogens (primary N) is 1. The van der Waals surface area contributed by atoms with Gasteiger partial charge < -0.3 is 31.1 Å². The molecule has 5 N–H and O–H groups in total. The number of alkyl carbamates (subject to hydrolysis) is 1. The van der Waals surface area contributed by atoms with E-state index in [4.69, 9.17) is 10.5 Å². The predicted octanol–water partition coefficient (Wildman–Crippen LogP) is 2.89. The molecule has 0 bridgehead atoms. The van der Waals surface area contributed by atoms with Crippen LogP contribution in [0.25, 0.3) is 0 Å². The summed E-state index contributed by atoms with van der Waals surface area (Å²) in [6.07, 6.45) is 3.23. The summed E-state index contributed by atoms with van der Waals surface area (Å²) >= 11 is 0. The van der Waals surface area contributed by atoms with Crippen LogP contribution in [0.4, 0.5) is 4.79 Å². The number of rotatable bonds is 13. The predicted molar refractivity (Wildman–Crippen MR) is 135 cm³/mol. The van der Waals surface area contributed by atoms with Crippen LogP contribution in [0, 0.1) is 0 Å². The van der Waals surface area contributed by atoms with Crippen molar-refractivity contribution in [3.05, 3.63) is 29.8 Å². The molecular weight excluding hydrogens is 464 g/mol. The number of phenols is 1. The van der Waals surface area contributed by atoms with Gasteiger partial charge in [-0.15, -0.1) is 0 Å². The number of primary amides is 1. The van der Waals surface area contributed by atoms with Crippen LogP contribution in [0.3, 0.4) is 0 Å². The quantitative estimate of drug-likeness (QED) is 0.303. The molecule has 1 aromatic carbocycles. The fourth-order valence-corrected chi connectivity index (χ4v) is 3.82. The van der Waals surface area contributed by atoms with Gasteiger partial charge in [0, 0.05) is 19.0 Å². The fraction of sp³-hybridized carbons (Fsp3) is 0.615. The lowest BCUT2D eigenvalue weighted by Crippen LogP contribution is -2.54. The van der Waals surface area contributed by atoms with Crippen molar-refractivity contribution in [1.29, 1.82) is 0 Å². The van der Waals surface area contributed by atoms with E-state index < -0.39 is 35.6 Å². The molecule has 10 nitrogen and oxygen atoms in total. The van der Waals surface area contributed by atoms with Gasteiger partial charge in [0.1, 0.15) is 23.4 Å². The first-order valence-electron chi connectivity index (χ1n) is 12.6. The largest absolute Gasteiger partial charge is 0.508 e. The molecule has 0 spiro atoms. The van der Waals surface area contributed by atoms with Crippen molar-refractivity contribution in [1.82, 2.24) is 15.5 Å². The van der Waals surface area contributed by atoms with Crippen molar-refractivity contribution in [2.24, 2.45) is 5.73 Å². The van der Waals surface area contributed by atoms with E-state index in [0.29, 0.717) is 24.9 Å². The summed E-state index contributed by atoms with van der Waals surface area (Å²) in [7, 11) is 0. The fourth-order valence-electron chi connectivity index (χ4n) is 3.82. The van der Waals surface area contributed by atoms with Gasteiger partial charge in [0.15, 0.2) is 0 Å². The molecule has 1 aliphatic rings. The number of nitrogens with zero attached hydrogens (tertiary/aromatic N) is 1. The van der Waals surface area contributed by atoms with Gasteiger partial charge in [0.05, 0.1) is 0 Å². The van der Waals surface area contributed by atoms with Crippen LogP contribution in [-0.2, 0) is 19.1 Å². The topological polar surface area (TPSA) is 151 Å². The number of ether oxygens (including phenoxy) is 1. The van der Waals surface area contributed by atoms with Crippen LogP contribution in [0.1, 0.15) is 84.2 Å². The lowest BCUT2D eigenvalue weighted by molar-refractivity contribution is -0.143. The minimum Gasteiger partial charge on any atom is -0.508 e. The van der Waals surface area contributed by atoms with E-state index in [-0.39, 0.29) is 30.5 Å². The molecule has 4 amide bonds. The normalized spacial score (nSPS) is 14.9. The number of phenolic OH excluding ortho intramolecular Hbond substituents is 1. The van der Waals surface area contributed by atoms with Crippen LogP contribution in [0.5, 0.6) is 5.75 Å². The molecule has 2 atom stereocenters. The number of amides is 4. The highest BCUT2D eigenvalue weighted by Crippen LogP contribution is 2.36. The van der Waals surface area contributed by atoms with Crippen molar-refractivity contribution in [2.75, 3.05) is 6.54 Å². The Bertz CT molecular complexity index is 908. The van der Waals surface area contributed by atoms with Crippen LogP contribution >= 0.6 is 0 Å². The number of aromatic hydroxyl groups is 1. The Labute approximate surface area is 212 Å². The van der Waals surface area contributed by atoms with Gasteiger partial charge in [-0.1, -0.05) is 31.9 Å². The van der Waals surface area contributed by atoms with E-state index in [1.54, 1.807) is 32.9 Å². The molecule has 0 aliphatic heterocycles. The van der Waals surface area contributed by atoms with Gasteiger partial charge in [-0.2, -0.15) is 0 Å². The molecule has 10 heteroatoms. The van der Waals surface area contributed by atoms with Gasteiger partial charge in [0.25, 0.3) is 0 Å². The number of unbranched alkanes of at least 4 members (excludes halogenated alkanes) is 2. The van der Waals surface area contributed by atoms with Gasteiger partial charge >= 0.3 is 6.09 Å². The molecule has 0 aromatic heterocycles. The van der Waals surface area contributed by atoms with E-state index in [1.807, 2.05) is 0 Å². The van der Waals surface area contributed by atoms with Crippen LogP contribution in [0.2, 0.25) is 0 Å². The van der Waals surface area contributed by atoms with Crippen molar-refractivity contribution in [3.63, 3.8) is 0 Å². The third-order valence-electron chi connectivity index (χ3n) is 5.68. The number of benzene rings is 1. The zero-order chi connectivity index (χ0) is 26.9. The molecule has 1 fully saturated rings. The Morgan fingerprint density at radius 3 is 2.31 bits per heavy atom. The zero-order valence-corrected chi connectivity index (χ0v) is 21.7. The first-order chi connectivity index (χ1) is 16.9. The van der Waals surface area contributed by atoms with Crippen molar-refractivity contribution >= 4 is 23.8 Å². The number of carbonyl (C=O) groups excluding carboxylic acids is 4. The molecule has 0 saturated heterocycles. The highest BCUT2D eigenvalue weighted by Gasteiger charge is 2.44. The summed E-state index contributed by atoms with van der Waals surface area (Å²) in [4.78, 5) is 52.8. The molecule has 1 aromatic rings. The van der Waals surface area contributed by atoms with Crippen molar-refractivity contribution in [2.45, 2.75) is 96.4 Å². The van der Waals surface area contributed by atoms with Gasteiger partial charge in [-0.05, 0) is 64.2 Å². The van der Waals surface area contributed by atoms with E-state index in [2.05, 4.69) is 17.6 Å². The summed E-state index contributed by atoms with van der Waals surface area (Å²) in [5.74, 6) is -1.41. The third kappa shape index (κ3) is 9.39. The number of hydrogen-bond donors (Lipinski definition) is 4. The van der Waals surface area contributed by atoms with Crippen molar-refractivity contribution in [3.8, 4) is 5.75 Å². The number of nitrogens with one attached hydrogen (secondary N) is 2. The third-order valence-corrected chi connectivity index (χ3v) is 5.68. The monoisotopic (exact) mass is 504 g/mol. The lowest BCUT2D eigenvalue weighted by Gasteiger charge is -2.34. The summed E-state index contributed by atoms with van der Waals surface area (Å²) in [5, 5.41) is 15.3. The molecule has 1 saturated carbocycles. The summed E-state index contributed by atoms with van der Waals surface area (Å²) in [5.41, 5.74) is 5.07. The molecule has 0 heterocycles. The highest BCUT2D eigenvalue weighted by molar-refractivity contribution is 5.93. The van der Waals surface area contributed by atoms with Crippen LogP contribution in [-0.4, -0.2) is 58.1 Å². The molecule has 2 rings (SSSR count). The Morgan fingerprint density at radius 2 is 1.78 bits per heavy atom. The minimum atomic E-state index is -1.11. The Balaban J connectivity index is 2.37.